The van der Waals surface area contributed by atoms with E-state index in [0.29, 0.717) is 12.6 Å². The first-order chi connectivity index (χ1) is 7.74. The average Bonchev–Trinajstić information content (AvgIpc) is 2.24. The molecule has 1 fully saturated rings. The molecule has 0 unspecified atom stereocenters. The van der Waals surface area contributed by atoms with Gasteiger partial charge in [0.15, 0.2) is 11.5 Å². The van der Waals surface area contributed by atoms with Crippen LogP contribution >= 0.6 is 15.9 Å². The van der Waals surface area contributed by atoms with Crippen molar-refractivity contribution in [1.82, 2.24) is 0 Å². The lowest BCUT2D eigenvalue weighted by atomic mass is 9.96. The Morgan fingerprint density at radius 3 is 2.62 bits per heavy atom. The second-order valence-electron chi connectivity index (χ2n) is 3.97. The van der Waals surface area contributed by atoms with Crippen LogP contribution in [0.15, 0.2) is 16.6 Å². The van der Waals surface area contributed by atoms with E-state index >= 15 is 0 Å². The van der Waals surface area contributed by atoms with Crippen LogP contribution in [0.4, 0.5) is 0 Å². The number of rotatable bonds is 4. The summed E-state index contributed by atoms with van der Waals surface area (Å²) >= 11 is 3.46. The highest BCUT2D eigenvalue weighted by Crippen LogP contribution is 2.36. The molecule has 0 heterocycles. The molecule has 0 radical (unpaired) electrons. The molecule has 4 heteroatoms. The molecule has 2 N–H and O–H groups in total. The van der Waals surface area contributed by atoms with Crippen molar-refractivity contribution in [3.8, 4) is 11.5 Å². The number of hydrogen-bond acceptors (Lipinski definition) is 3. The fourth-order valence-electron chi connectivity index (χ4n) is 1.65. The van der Waals surface area contributed by atoms with Gasteiger partial charge in [-0.2, -0.15) is 0 Å². The second kappa shape index (κ2) is 5.06. The molecule has 88 valence electrons. The molecule has 2 rings (SSSR count). The maximum Gasteiger partial charge on any atom is 0.161 e. The van der Waals surface area contributed by atoms with E-state index in [1.165, 1.54) is 6.42 Å². The second-order valence-corrected chi connectivity index (χ2v) is 4.82. The third-order valence-corrected chi connectivity index (χ3v) is 3.64. The summed E-state index contributed by atoms with van der Waals surface area (Å²) in [5, 5.41) is 0. The fourth-order valence-corrected chi connectivity index (χ4v) is 2.14. The maximum atomic E-state index is 5.87. The minimum Gasteiger partial charge on any atom is -0.493 e. The van der Waals surface area contributed by atoms with Gasteiger partial charge < -0.3 is 15.2 Å². The molecule has 1 aromatic carbocycles. The van der Waals surface area contributed by atoms with Crippen LogP contribution in [0.1, 0.15) is 24.8 Å². The first kappa shape index (κ1) is 11.7. The van der Waals surface area contributed by atoms with Gasteiger partial charge in [0.05, 0.1) is 13.2 Å². The number of methoxy groups -OCH3 is 1. The Bertz CT molecular complexity index is 378. The van der Waals surface area contributed by atoms with Crippen molar-refractivity contribution in [2.45, 2.75) is 31.9 Å². The molecule has 0 atom stereocenters. The van der Waals surface area contributed by atoms with Gasteiger partial charge in [-0.15, -0.1) is 0 Å². The topological polar surface area (TPSA) is 44.5 Å². The first-order valence-electron chi connectivity index (χ1n) is 5.47. The molecule has 16 heavy (non-hydrogen) atoms. The van der Waals surface area contributed by atoms with Crippen LogP contribution in [0.25, 0.3) is 0 Å². The van der Waals surface area contributed by atoms with Gasteiger partial charge in [0.2, 0.25) is 0 Å². The molecule has 0 amide bonds. The predicted molar refractivity (Wildman–Crippen MR) is 66.9 cm³/mol. The summed E-state index contributed by atoms with van der Waals surface area (Å²) in [5.74, 6) is 1.56. The van der Waals surface area contributed by atoms with Gasteiger partial charge in [-0.25, -0.2) is 0 Å². The highest BCUT2D eigenvalue weighted by atomic mass is 79.9. The molecule has 1 aliphatic carbocycles. The first-order valence-corrected chi connectivity index (χ1v) is 6.27. The summed E-state index contributed by atoms with van der Waals surface area (Å²) in [6.45, 7) is 0.492. The molecule has 0 saturated heterocycles. The van der Waals surface area contributed by atoms with Crippen LogP contribution in [0.3, 0.4) is 0 Å². The summed E-state index contributed by atoms with van der Waals surface area (Å²) in [5.41, 5.74) is 6.70. The molecule has 0 aromatic heterocycles. The Hall–Kier alpha value is -0.740. The highest BCUT2D eigenvalue weighted by Gasteiger charge is 2.21. The van der Waals surface area contributed by atoms with Crippen LogP contribution in [0, 0.1) is 0 Å². The number of nitrogens with two attached hydrogens (primary N) is 1. The molecule has 1 saturated carbocycles. The summed E-state index contributed by atoms with van der Waals surface area (Å²) in [6.07, 6.45) is 3.88. The van der Waals surface area contributed by atoms with Crippen molar-refractivity contribution in [1.29, 1.82) is 0 Å². The van der Waals surface area contributed by atoms with E-state index in [4.69, 9.17) is 15.2 Å². The van der Waals surface area contributed by atoms with Gasteiger partial charge in [-0.05, 0) is 37.0 Å². The van der Waals surface area contributed by atoms with Crippen LogP contribution in [-0.2, 0) is 6.54 Å². The number of ether oxygens (including phenoxy) is 2. The van der Waals surface area contributed by atoms with Crippen molar-refractivity contribution < 1.29 is 9.47 Å². The quantitative estimate of drug-likeness (QED) is 0.925. The van der Waals surface area contributed by atoms with E-state index in [1.54, 1.807) is 7.11 Å². The van der Waals surface area contributed by atoms with Gasteiger partial charge in [-0.3, -0.25) is 0 Å². The van der Waals surface area contributed by atoms with Gasteiger partial charge in [0, 0.05) is 11.0 Å². The van der Waals surface area contributed by atoms with Gasteiger partial charge >= 0.3 is 0 Å². The third-order valence-electron chi connectivity index (χ3n) is 2.90. The molecular weight excluding hydrogens is 270 g/mol. The molecule has 1 aromatic rings. The van der Waals surface area contributed by atoms with E-state index in [-0.39, 0.29) is 0 Å². The lowest BCUT2D eigenvalue weighted by Crippen LogP contribution is -2.24. The van der Waals surface area contributed by atoms with E-state index in [9.17, 15) is 0 Å². The molecule has 0 aliphatic heterocycles. The van der Waals surface area contributed by atoms with Gasteiger partial charge in [0.1, 0.15) is 0 Å². The van der Waals surface area contributed by atoms with Crippen molar-refractivity contribution in [3.05, 3.63) is 22.2 Å². The lowest BCUT2D eigenvalue weighted by Gasteiger charge is -2.27. The predicted octanol–water partition coefficient (Wildman–Crippen LogP) is 2.85. The van der Waals surface area contributed by atoms with E-state index in [0.717, 1.165) is 34.4 Å². The Labute approximate surface area is 104 Å². The number of halogens is 1. The Balaban J connectivity index is 2.25. The Morgan fingerprint density at radius 2 is 2.12 bits per heavy atom. The number of benzene rings is 1. The zero-order chi connectivity index (χ0) is 11.5. The van der Waals surface area contributed by atoms with Crippen molar-refractivity contribution in [2.24, 2.45) is 5.73 Å². The van der Waals surface area contributed by atoms with E-state index in [2.05, 4.69) is 15.9 Å². The van der Waals surface area contributed by atoms with Crippen molar-refractivity contribution >= 4 is 15.9 Å². The zero-order valence-electron chi connectivity index (χ0n) is 9.33. The lowest BCUT2D eigenvalue weighted by molar-refractivity contribution is 0.116. The fraction of sp³-hybridized carbons (Fsp3) is 0.500. The summed E-state index contributed by atoms with van der Waals surface area (Å²) in [6, 6.07) is 3.87. The van der Waals surface area contributed by atoms with E-state index in [1.807, 2.05) is 12.1 Å². The number of hydrogen-bond donors (Lipinski definition) is 1. The standard InChI is InChI=1S/C12H16BrNO2/c1-15-11-6-10(13)8(7-14)5-12(11)16-9-3-2-4-9/h5-6,9H,2-4,7,14H2,1H3. The molecule has 0 bridgehead atoms. The normalized spacial score (nSPS) is 15.7. The summed E-state index contributed by atoms with van der Waals surface area (Å²) in [4.78, 5) is 0. The maximum absolute atomic E-state index is 5.87. The molecule has 3 nitrogen and oxygen atoms in total. The van der Waals surface area contributed by atoms with Crippen LogP contribution in [0.2, 0.25) is 0 Å². The van der Waals surface area contributed by atoms with Gasteiger partial charge in [-0.1, -0.05) is 15.9 Å². The SMILES string of the molecule is COc1cc(Br)c(CN)cc1OC1CCC1. The van der Waals surface area contributed by atoms with Crippen LogP contribution < -0.4 is 15.2 Å². The molecule has 0 spiro atoms. The smallest absolute Gasteiger partial charge is 0.161 e. The van der Waals surface area contributed by atoms with Crippen LogP contribution in [0.5, 0.6) is 11.5 Å². The molecular formula is C12H16BrNO2. The minimum absolute atomic E-state index is 0.348. The highest BCUT2D eigenvalue weighted by molar-refractivity contribution is 9.10. The Kier molecular flexibility index (Phi) is 3.71. The zero-order valence-corrected chi connectivity index (χ0v) is 10.9. The third kappa shape index (κ3) is 2.33. The largest absolute Gasteiger partial charge is 0.493 e. The average molecular weight is 286 g/mol. The molecule has 1 aliphatic rings. The van der Waals surface area contributed by atoms with Crippen LogP contribution in [-0.4, -0.2) is 13.2 Å². The monoisotopic (exact) mass is 285 g/mol. The van der Waals surface area contributed by atoms with Crippen molar-refractivity contribution in [2.75, 3.05) is 7.11 Å². The van der Waals surface area contributed by atoms with E-state index < -0.39 is 0 Å². The van der Waals surface area contributed by atoms with Gasteiger partial charge in [0.25, 0.3) is 0 Å². The summed E-state index contributed by atoms with van der Waals surface area (Å²) in [7, 11) is 1.65. The van der Waals surface area contributed by atoms with Crippen molar-refractivity contribution in [3.63, 3.8) is 0 Å². The minimum atomic E-state index is 0.348. The summed E-state index contributed by atoms with van der Waals surface area (Å²) < 4.78 is 12.1. The Morgan fingerprint density at radius 1 is 1.38 bits per heavy atom.